The first kappa shape index (κ1) is 8.58. The molecule has 4 nitrogen and oxygen atoms in total. The fraction of sp³-hybridized carbons (Fsp3) is 0.286. The fourth-order valence-corrected chi connectivity index (χ4v) is 0.818. The Hall–Kier alpha value is -1.52. The lowest BCUT2D eigenvalue weighted by molar-refractivity contribution is -0.479. The SMILES string of the molecule is O=[N+]([O-])CCc1cccnc1F. The maximum absolute atomic E-state index is 12.7. The van der Waals surface area contributed by atoms with E-state index in [0.717, 1.165) is 0 Å². The van der Waals surface area contributed by atoms with E-state index in [9.17, 15) is 14.5 Å². The maximum Gasteiger partial charge on any atom is 0.216 e. The number of hydrogen-bond donors (Lipinski definition) is 0. The van der Waals surface area contributed by atoms with Gasteiger partial charge in [-0.05, 0) is 6.07 Å². The standard InChI is InChI=1S/C7H7FN2O2/c8-7-6(2-1-4-9-7)3-5-10(11)12/h1-2,4H,3,5H2. The van der Waals surface area contributed by atoms with Crippen molar-refractivity contribution in [1.29, 1.82) is 0 Å². The molecular formula is C7H7FN2O2. The fourth-order valence-electron chi connectivity index (χ4n) is 0.818. The summed E-state index contributed by atoms with van der Waals surface area (Å²) in [7, 11) is 0. The molecule has 0 N–H and O–H groups in total. The van der Waals surface area contributed by atoms with E-state index in [2.05, 4.69) is 4.98 Å². The summed E-state index contributed by atoms with van der Waals surface area (Å²) >= 11 is 0. The second-order valence-electron chi connectivity index (χ2n) is 2.26. The monoisotopic (exact) mass is 170 g/mol. The van der Waals surface area contributed by atoms with Crippen LogP contribution in [0.2, 0.25) is 0 Å². The molecule has 0 aliphatic carbocycles. The molecule has 0 saturated carbocycles. The number of rotatable bonds is 3. The summed E-state index contributed by atoms with van der Waals surface area (Å²) in [6, 6.07) is 3.05. The van der Waals surface area contributed by atoms with Crippen molar-refractivity contribution < 1.29 is 9.31 Å². The maximum atomic E-state index is 12.7. The highest BCUT2D eigenvalue weighted by Gasteiger charge is 2.04. The Labute approximate surface area is 68.2 Å². The van der Waals surface area contributed by atoms with Crippen LogP contribution < -0.4 is 0 Å². The zero-order chi connectivity index (χ0) is 8.97. The van der Waals surface area contributed by atoms with Gasteiger partial charge in [0.1, 0.15) is 0 Å². The van der Waals surface area contributed by atoms with Crippen LogP contribution in [0, 0.1) is 16.1 Å². The second kappa shape index (κ2) is 3.75. The largest absolute Gasteiger partial charge is 0.265 e. The lowest BCUT2D eigenvalue weighted by atomic mass is 10.2. The van der Waals surface area contributed by atoms with E-state index in [1.165, 1.54) is 12.3 Å². The summed E-state index contributed by atoms with van der Waals surface area (Å²) in [5.74, 6) is -0.626. The van der Waals surface area contributed by atoms with Crippen molar-refractivity contribution in [3.63, 3.8) is 0 Å². The van der Waals surface area contributed by atoms with Crippen molar-refractivity contribution in [2.75, 3.05) is 6.54 Å². The van der Waals surface area contributed by atoms with Gasteiger partial charge in [-0.3, -0.25) is 10.1 Å². The second-order valence-corrected chi connectivity index (χ2v) is 2.26. The number of nitrogens with zero attached hydrogens (tertiary/aromatic N) is 2. The number of pyridine rings is 1. The summed E-state index contributed by atoms with van der Waals surface area (Å²) in [6.07, 6.45) is 1.40. The van der Waals surface area contributed by atoms with Gasteiger partial charge in [-0.2, -0.15) is 4.39 Å². The van der Waals surface area contributed by atoms with Crippen LogP contribution in [0.4, 0.5) is 4.39 Å². The number of hydrogen-bond acceptors (Lipinski definition) is 3. The Morgan fingerprint density at radius 1 is 1.67 bits per heavy atom. The molecular weight excluding hydrogens is 163 g/mol. The molecule has 0 amide bonds. The van der Waals surface area contributed by atoms with E-state index in [-0.39, 0.29) is 18.5 Å². The van der Waals surface area contributed by atoms with Crippen molar-refractivity contribution in [3.05, 3.63) is 40.0 Å². The average molecular weight is 170 g/mol. The first-order chi connectivity index (χ1) is 5.70. The van der Waals surface area contributed by atoms with Crippen molar-refractivity contribution >= 4 is 0 Å². The van der Waals surface area contributed by atoms with Crippen LogP contribution in [0.3, 0.4) is 0 Å². The summed E-state index contributed by atoms with van der Waals surface area (Å²) < 4.78 is 12.7. The quantitative estimate of drug-likeness (QED) is 0.387. The Kier molecular flexibility index (Phi) is 2.68. The van der Waals surface area contributed by atoms with E-state index >= 15 is 0 Å². The third-order valence-corrected chi connectivity index (χ3v) is 1.40. The molecule has 0 unspecified atom stereocenters. The highest BCUT2D eigenvalue weighted by molar-refractivity contribution is 5.10. The summed E-state index contributed by atoms with van der Waals surface area (Å²) in [4.78, 5) is 12.8. The number of halogens is 1. The third kappa shape index (κ3) is 2.26. The van der Waals surface area contributed by atoms with Crippen LogP contribution >= 0.6 is 0 Å². The Morgan fingerprint density at radius 3 is 3.00 bits per heavy atom. The molecule has 0 spiro atoms. The summed E-state index contributed by atoms with van der Waals surface area (Å²) in [5.41, 5.74) is 0.286. The predicted octanol–water partition coefficient (Wildman–Crippen LogP) is 1.04. The smallest absolute Gasteiger partial charge is 0.216 e. The van der Waals surface area contributed by atoms with Gasteiger partial charge in [0, 0.05) is 23.1 Å². The van der Waals surface area contributed by atoms with E-state index in [4.69, 9.17) is 0 Å². The van der Waals surface area contributed by atoms with Crippen LogP contribution in [-0.2, 0) is 6.42 Å². The Morgan fingerprint density at radius 2 is 2.42 bits per heavy atom. The van der Waals surface area contributed by atoms with Crippen LogP contribution in [0.25, 0.3) is 0 Å². The molecule has 12 heavy (non-hydrogen) atoms. The van der Waals surface area contributed by atoms with Gasteiger partial charge in [-0.1, -0.05) is 6.07 Å². The molecule has 0 saturated heterocycles. The normalized spacial score (nSPS) is 9.75. The summed E-state index contributed by atoms with van der Waals surface area (Å²) in [5, 5.41) is 9.95. The van der Waals surface area contributed by atoms with Crippen LogP contribution in [-0.4, -0.2) is 16.5 Å². The molecule has 1 aromatic rings. The van der Waals surface area contributed by atoms with E-state index in [1.807, 2.05) is 0 Å². The minimum Gasteiger partial charge on any atom is -0.265 e. The summed E-state index contributed by atoms with van der Waals surface area (Å²) in [6.45, 7) is -0.261. The molecule has 0 aromatic carbocycles. The van der Waals surface area contributed by atoms with Gasteiger partial charge in [0.15, 0.2) is 0 Å². The minimum atomic E-state index is -0.626. The minimum absolute atomic E-state index is 0.0900. The van der Waals surface area contributed by atoms with Gasteiger partial charge < -0.3 is 0 Å². The number of aromatic nitrogens is 1. The van der Waals surface area contributed by atoms with Crippen LogP contribution in [0.15, 0.2) is 18.3 Å². The third-order valence-electron chi connectivity index (χ3n) is 1.40. The first-order valence-electron chi connectivity index (χ1n) is 3.41. The molecule has 1 rings (SSSR count). The van der Waals surface area contributed by atoms with Gasteiger partial charge in [-0.15, -0.1) is 0 Å². The van der Waals surface area contributed by atoms with Gasteiger partial charge in [-0.25, -0.2) is 4.98 Å². The molecule has 0 bridgehead atoms. The predicted molar refractivity (Wildman–Crippen MR) is 39.8 cm³/mol. The molecule has 0 aliphatic heterocycles. The zero-order valence-electron chi connectivity index (χ0n) is 6.24. The van der Waals surface area contributed by atoms with E-state index in [1.54, 1.807) is 6.07 Å². The molecule has 0 radical (unpaired) electrons. The molecule has 0 fully saturated rings. The molecule has 1 aromatic heterocycles. The van der Waals surface area contributed by atoms with E-state index < -0.39 is 10.9 Å². The average Bonchev–Trinajstić information content (AvgIpc) is 2.03. The van der Waals surface area contributed by atoms with Gasteiger partial charge >= 0.3 is 0 Å². The zero-order valence-corrected chi connectivity index (χ0v) is 6.24. The highest BCUT2D eigenvalue weighted by Crippen LogP contribution is 2.03. The number of nitro groups is 1. The molecule has 1 heterocycles. The highest BCUT2D eigenvalue weighted by atomic mass is 19.1. The van der Waals surface area contributed by atoms with Crippen molar-refractivity contribution in [3.8, 4) is 0 Å². The molecule has 64 valence electrons. The first-order valence-corrected chi connectivity index (χ1v) is 3.41. The van der Waals surface area contributed by atoms with Gasteiger partial charge in [0.2, 0.25) is 12.5 Å². The van der Waals surface area contributed by atoms with E-state index in [0.29, 0.717) is 0 Å². The van der Waals surface area contributed by atoms with Crippen molar-refractivity contribution in [2.45, 2.75) is 6.42 Å². The van der Waals surface area contributed by atoms with Gasteiger partial charge in [0.05, 0.1) is 0 Å². The van der Waals surface area contributed by atoms with Gasteiger partial charge in [0.25, 0.3) is 0 Å². The topological polar surface area (TPSA) is 56.0 Å². The van der Waals surface area contributed by atoms with Crippen molar-refractivity contribution in [2.24, 2.45) is 0 Å². The van der Waals surface area contributed by atoms with Crippen LogP contribution in [0.1, 0.15) is 5.56 Å². The lowest BCUT2D eigenvalue weighted by Gasteiger charge is -1.96. The molecule has 5 heteroatoms. The van der Waals surface area contributed by atoms with Crippen LogP contribution in [0.5, 0.6) is 0 Å². The lowest BCUT2D eigenvalue weighted by Crippen LogP contribution is -2.05. The molecule has 0 aliphatic rings. The molecule has 0 atom stereocenters. The van der Waals surface area contributed by atoms with Crippen molar-refractivity contribution in [1.82, 2.24) is 4.98 Å². The Bertz CT molecular complexity index is 290. The Balaban J connectivity index is 2.63.